The first-order chi connectivity index (χ1) is 29.9. The van der Waals surface area contributed by atoms with Gasteiger partial charge in [0.2, 0.25) is 0 Å². The summed E-state index contributed by atoms with van der Waals surface area (Å²) in [6, 6.07) is 60.6. The Morgan fingerprint density at radius 2 is 0.500 bits per heavy atom. The molecule has 62 heavy (non-hydrogen) atoms. The van der Waals surface area contributed by atoms with E-state index < -0.39 is 23.1 Å². The topological polar surface area (TPSA) is 55.4 Å². The van der Waals surface area contributed by atoms with E-state index in [0.717, 1.165) is 31.8 Å². The van der Waals surface area contributed by atoms with Gasteiger partial charge in [0.05, 0.1) is 0 Å². The monoisotopic (exact) mass is 924 g/mol. The third-order valence-corrected chi connectivity index (χ3v) is 21.7. The Morgan fingerprint density at radius 3 is 0.597 bits per heavy atom. The number of hydrogen-bond acceptors (Lipinski definition) is 6. The molecule has 1 aliphatic rings. The Hall–Kier alpha value is -3.44. The Morgan fingerprint density at radius 1 is 0.323 bits per heavy atom. The van der Waals surface area contributed by atoms with E-state index in [-0.39, 0.29) is 0 Å². The van der Waals surface area contributed by atoms with Crippen molar-refractivity contribution in [2.45, 2.75) is 34.6 Å². The van der Waals surface area contributed by atoms with E-state index in [1.165, 1.54) is 20.6 Å². The van der Waals surface area contributed by atoms with Crippen LogP contribution in [0.15, 0.2) is 203 Å². The van der Waals surface area contributed by atoms with Crippen LogP contribution in [-0.4, -0.2) is 42.7 Å². The van der Waals surface area contributed by atoms with Crippen molar-refractivity contribution in [3.05, 3.63) is 203 Å². The zero-order chi connectivity index (χ0) is 45.2. The van der Waals surface area contributed by atoms with Gasteiger partial charge in [-0.05, 0) is 0 Å². The van der Waals surface area contributed by atoms with Gasteiger partial charge < -0.3 is 0 Å². The first kappa shape index (κ1) is 51.2. The molecule has 0 saturated heterocycles. The summed E-state index contributed by atoms with van der Waals surface area (Å²) < 4.78 is 36.0. The standard InChI is InChI=1S/3C14H16O2P.C10H15.Ti/c3*1-15-17(16-2,13-9-5-3-6-10-13)14-11-7-4-8-12-14;1-7-6-10(4,5)9(3)8(7)2;/h3*3-12H,1-2H3;1-5H3;/q3*-1;;+3. The van der Waals surface area contributed by atoms with Crippen LogP contribution in [-0.2, 0) is 47.6 Å². The van der Waals surface area contributed by atoms with E-state index in [9.17, 15) is 0 Å². The molecule has 10 heteroatoms. The minimum atomic E-state index is -2.16. The molecule has 326 valence electrons. The number of benzene rings is 6. The van der Waals surface area contributed by atoms with Gasteiger partial charge in [-0.2, -0.15) is 0 Å². The summed E-state index contributed by atoms with van der Waals surface area (Å²) in [6.45, 7) is 11.3. The Kier molecular flexibility index (Phi) is 20.3. The molecule has 0 atom stereocenters. The third kappa shape index (κ3) is 11.6. The molecule has 0 spiro atoms. The van der Waals surface area contributed by atoms with Crippen molar-refractivity contribution in [1.29, 1.82) is 0 Å². The molecule has 7 rings (SSSR count). The number of allylic oxidation sites excluding steroid dienone is 4. The Labute approximate surface area is 385 Å². The molecule has 6 nitrogen and oxygen atoms in total. The summed E-state index contributed by atoms with van der Waals surface area (Å²) in [6.07, 6.45) is 0. The number of hydrogen-bond donors (Lipinski definition) is 0. The molecule has 0 fully saturated rings. The van der Waals surface area contributed by atoms with Crippen LogP contribution in [0.1, 0.15) is 34.6 Å². The molecule has 0 heterocycles. The van der Waals surface area contributed by atoms with Crippen molar-refractivity contribution >= 4 is 55.0 Å². The van der Waals surface area contributed by atoms with Gasteiger partial charge in [-0.15, -0.1) is 0 Å². The van der Waals surface area contributed by atoms with Crippen LogP contribution in [0.25, 0.3) is 0 Å². The fraction of sp³-hybridized carbons (Fsp3) is 0.231. The summed E-state index contributed by atoms with van der Waals surface area (Å²) in [5.74, 6) is 0. The van der Waals surface area contributed by atoms with Crippen LogP contribution in [0.4, 0.5) is 0 Å². The molecule has 0 aliphatic heterocycles. The van der Waals surface area contributed by atoms with Gasteiger partial charge in [0, 0.05) is 0 Å². The summed E-state index contributed by atoms with van der Waals surface area (Å²) in [7, 11) is 3.75. The van der Waals surface area contributed by atoms with Gasteiger partial charge >= 0.3 is 388 Å². The molecule has 0 N–H and O–H groups in total. The van der Waals surface area contributed by atoms with Crippen LogP contribution < -0.4 is 31.8 Å². The fourth-order valence-electron chi connectivity index (χ4n) is 7.27. The molecule has 0 bridgehead atoms. The van der Waals surface area contributed by atoms with E-state index >= 15 is 0 Å². The van der Waals surface area contributed by atoms with Gasteiger partial charge in [0.15, 0.2) is 0 Å². The van der Waals surface area contributed by atoms with Crippen LogP contribution >= 0.6 is 23.1 Å². The van der Waals surface area contributed by atoms with Gasteiger partial charge in [0.1, 0.15) is 0 Å². The van der Waals surface area contributed by atoms with Gasteiger partial charge in [-0.1, -0.05) is 0 Å². The van der Waals surface area contributed by atoms with Gasteiger partial charge in [0.25, 0.3) is 0 Å². The third-order valence-electron chi connectivity index (χ3n) is 11.2. The molecular formula is C52H63O6P3Ti. The molecule has 1 aliphatic carbocycles. The summed E-state index contributed by atoms with van der Waals surface area (Å²) in [4.78, 5) is 0. The number of rotatable bonds is 12. The molecule has 6 aromatic rings. The fourth-order valence-corrected chi connectivity index (χ4v) is 15.1. The van der Waals surface area contributed by atoms with E-state index in [4.69, 9.17) is 27.1 Å². The molecule has 0 aromatic heterocycles. The van der Waals surface area contributed by atoms with E-state index in [0.29, 0.717) is 5.41 Å². The Balaban J connectivity index is 0.000000184. The summed E-state index contributed by atoms with van der Waals surface area (Å²) in [5, 5.41) is 6.56. The first-order valence-electron chi connectivity index (χ1n) is 20.4. The van der Waals surface area contributed by atoms with Crippen molar-refractivity contribution in [3.63, 3.8) is 0 Å². The second-order valence-electron chi connectivity index (χ2n) is 14.6. The van der Waals surface area contributed by atoms with Crippen molar-refractivity contribution in [3.8, 4) is 0 Å². The maximum atomic E-state index is 5.75. The van der Waals surface area contributed by atoms with E-state index in [1.54, 1.807) is 42.7 Å². The van der Waals surface area contributed by atoms with Crippen molar-refractivity contribution in [2.75, 3.05) is 42.7 Å². The zero-order valence-electron chi connectivity index (χ0n) is 38.1. The van der Waals surface area contributed by atoms with Crippen molar-refractivity contribution in [1.82, 2.24) is 0 Å². The SMILES string of the molecule is CC1=C(C)C(C)(C)[C]([Ti+3])=C1C.CO[P-](OC)(c1ccccc1)c1ccccc1.CO[P-](OC)(c1ccccc1)c1ccccc1.CO[P-](OC)(c1ccccc1)c1ccccc1. The summed E-state index contributed by atoms with van der Waals surface area (Å²) >= 11 is 2.25. The molecule has 6 aromatic carbocycles. The van der Waals surface area contributed by atoms with Crippen molar-refractivity contribution in [2.24, 2.45) is 5.41 Å². The molecule has 0 saturated carbocycles. The average molecular weight is 925 g/mol. The molecule has 0 radical (unpaired) electrons. The second-order valence-corrected chi connectivity index (χ2v) is 24.0. The quantitative estimate of drug-likeness (QED) is 0.0900. The first-order valence-corrected chi connectivity index (χ1v) is 26.0. The second kappa shape index (κ2) is 24.6. The normalized spacial score (nSPS) is 14.3. The Bertz CT molecular complexity index is 1900. The molecule has 0 unspecified atom stereocenters. The predicted molar refractivity (Wildman–Crippen MR) is 264 cm³/mol. The zero-order valence-corrected chi connectivity index (χ0v) is 42.4. The van der Waals surface area contributed by atoms with Crippen LogP contribution in [0, 0.1) is 5.41 Å². The van der Waals surface area contributed by atoms with Crippen LogP contribution in [0.2, 0.25) is 0 Å². The van der Waals surface area contributed by atoms with Crippen molar-refractivity contribution < 1.29 is 47.6 Å². The molecular weight excluding hydrogens is 861 g/mol. The van der Waals surface area contributed by atoms with Gasteiger partial charge in [-0.25, -0.2) is 0 Å². The van der Waals surface area contributed by atoms with Gasteiger partial charge in [-0.3, -0.25) is 0 Å². The van der Waals surface area contributed by atoms with E-state index in [1.807, 2.05) is 182 Å². The van der Waals surface area contributed by atoms with Crippen LogP contribution in [0.3, 0.4) is 0 Å². The maximum absolute atomic E-state index is 5.75. The minimum absolute atomic E-state index is 0.314. The summed E-state index contributed by atoms with van der Waals surface area (Å²) in [5.41, 5.74) is 4.83. The predicted octanol–water partition coefficient (Wildman–Crippen LogP) is 11.5. The van der Waals surface area contributed by atoms with E-state index in [2.05, 4.69) is 55.1 Å². The van der Waals surface area contributed by atoms with Crippen LogP contribution in [0.5, 0.6) is 0 Å². The molecule has 0 amide bonds. The average Bonchev–Trinajstić information content (AvgIpc) is 3.47.